The molecule has 0 spiro atoms. The van der Waals surface area contributed by atoms with E-state index in [9.17, 15) is 4.39 Å². The predicted molar refractivity (Wildman–Crippen MR) is 71.4 cm³/mol. The summed E-state index contributed by atoms with van der Waals surface area (Å²) in [5, 5.41) is 3.50. The van der Waals surface area contributed by atoms with Crippen LogP contribution in [0.4, 0.5) is 4.39 Å². The Balaban J connectivity index is 1.82. The second kappa shape index (κ2) is 5.27. The maximum atomic E-state index is 13.4. The molecule has 0 saturated heterocycles. The van der Waals surface area contributed by atoms with Crippen molar-refractivity contribution >= 4 is 0 Å². The normalized spacial score (nSPS) is 15.8. The monoisotopic (exact) mass is 251 g/mol. The van der Waals surface area contributed by atoms with Crippen molar-refractivity contribution in [2.45, 2.75) is 39.7 Å². The summed E-state index contributed by atoms with van der Waals surface area (Å²) in [5.74, 6) is 0.402. The van der Waals surface area contributed by atoms with Crippen LogP contribution in [0.1, 0.15) is 32.3 Å². The van der Waals surface area contributed by atoms with E-state index in [0.717, 1.165) is 6.54 Å². The molecule has 1 N–H and O–H groups in total. The maximum Gasteiger partial charge on any atom is 0.129 e. The molecule has 3 heteroatoms. The van der Waals surface area contributed by atoms with Gasteiger partial charge in [0.1, 0.15) is 11.6 Å². The fourth-order valence-corrected chi connectivity index (χ4v) is 1.70. The molecule has 1 fully saturated rings. The molecule has 0 amide bonds. The molecule has 1 aliphatic carbocycles. The van der Waals surface area contributed by atoms with Gasteiger partial charge in [-0.25, -0.2) is 4.39 Å². The second-order valence-electron chi connectivity index (χ2n) is 6.02. The maximum absolute atomic E-state index is 13.4. The van der Waals surface area contributed by atoms with Crippen LogP contribution in [-0.2, 0) is 0 Å². The summed E-state index contributed by atoms with van der Waals surface area (Å²) in [5.41, 5.74) is 0.709. The number of benzene rings is 1. The van der Waals surface area contributed by atoms with E-state index in [2.05, 4.69) is 19.2 Å². The molecule has 0 bridgehead atoms. The molecule has 0 heterocycles. The molecule has 100 valence electrons. The summed E-state index contributed by atoms with van der Waals surface area (Å²) in [6, 6.07) is 5.74. The molecule has 1 aliphatic rings. The Morgan fingerprint density at radius 1 is 1.39 bits per heavy atom. The molecular weight excluding hydrogens is 229 g/mol. The van der Waals surface area contributed by atoms with Gasteiger partial charge in [0.05, 0.1) is 6.61 Å². The van der Waals surface area contributed by atoms with Crippen LogP contribution in [0.5, 0.6) is 5.75 Å². The van der Waals surface area contributed by atoms with Crippen molar-refractivity contribution in [2.75, 3.05) is 13.2 Å². The van der Waals surface area contributed by atoms with Gasteiger partial charge in [-0.05, 0) is 31.4 Å². The van der Waals surface area contributed by atoms with E-state index in [-0.39, 0.29) is 11.2 Å². The topological polar surface area (TPSA) is 21.3 Å². The van der Waals surface area contributed by atoms with Crippen molar-refractivity contribution in [1.29, 1.82) is 0 Å². The van der Waals surface area contributed by atoms with E-state index in [1.807, 2.05) is 6.07 Å². The summed E-state index contributed by atoms with van der Waals surface area (Å²) in [4.78, 5) is 0. The SMILES string of the molecule is Cc1ccc(OCC(C)(C)CNC2CC2)cc1F. The van der Waals surface area contributed by atoms with Gasteiger partial charge in [-0.1, -0.05) is 19.9 Å². The zero-order valence-corrected chi connectivity index (χ0v) is 11.4. The minimum atomic E-state index is -0.207. The molecule has 0 aromatic heterocycles. The number of nitrogens with one attached hydrogen (secondary N) is 1. The molecule has 0 unspecified atom stereocenters. The lowest BCUT2D eigenvalue weighted by molar-refractivity contribution is 0.175. The Bertz CT molecular complexity index is 413. The Kier molecular flexibility index (Phi) is 3.91. The van der Waals surface area contributed by atoms with Crippen LogP contribution in [0.2, 0.25) is 0 Å². The number of hydrogen-bond donors (Lipinski definition) is 1. The zero-order chi connectivity index (χ0) is 13.2. The van der Waals surface area contributed by atoms with E-state index in [4.69, 9.17) is 4.74 Å². The van der Waals surface area contributed by atoms with Crippen LogP contribution in [-0.4, -0.2) is 19.2 Å². The van der Waals surface area contributed by atoms with Gasteiger partial charge in [0.15, 0.2) is 0 Å². The van der Waals surface area contributed by atoms with Gasteiger partial charge in [-0.2, -0.15) is 0 Å². The van der Waals surface area contributed by atoms with Gasteiger partial charge < -0.3 is 10.1 Å². The van der Waals surface area contributed by atoms with Gasteiger partial charge in [-0.3, -0.25) is 0 Å². The molecule has 0 atom stereocenters. The van der Waals surface area contributed by atoms with Crippen molar-refractivity contribution in [3.05, 3.63) is 29.6 Å². The largest absolute Gasteiger partial charge is 0.493 e. The third-order valence-corrected chi connectivity index (χ3v) is 3.22. The highest BCUT2D eigenvalue weighted by Gasteiger charge is 2.25. The van der Waals surface area contributed by atoms with E-state index in [0.29, 0.717) is 24.0 Å². The Morgan fingerprint density at radius 2 is 2.11 bits per heavy atom. The molecule has 1 aromatic rings. The molecule has 2 rings (SSSR count). The average Bonchev–Trinajstić information content (AvgIpc) is 3.12. The number of ether oxygens (including phenoxy) is 1. The Labute approximate surface area is 109 Å². The fourth-order valence-electron chi connectivity index (χ4n) is 1.70. The summed E-state index contributed by atoms with van der Waals surface area (Å²) >= 11 is 0. The first-order chi connectivity index (χ1) is 8.46. The van der Waals surface area contributed by atoms with Gasteiger partial charge in [0, 0.05) is 24.1 Å². The Hall–Kier alpha value is -1.09. The van der Waals surface area contributed by atoms with E-state index < -0.39 is 0 Å². The van der Waals surface area contributed by atoms with Crippen molar-refractivity contribution in [1.82, 2.24) is 5.32 Å². The summed E-state index contributed by atoms with van der Waals surface area (Å²) in [6.07, 6.45) is 2.58. The van der Waals surface area contributed by atoms with Crippen LogP contribution < -0.4 is 10.1 Å². The molecule has 18 heavy (non-hydrogen) atoms. The van der Waals surface area contributed by atoms with Gasteiger partial charge >= 0.3 is 0 Å². The summed E-state index contributed by atoms with van der Waals surface area (Å²) in [6.45, 7) is 7.60. The number of hydrogen-bond acceptors (Lipinski definition) is 2. The lowest BCUT2D eigenvalue weighted by Gasteiger charge is -2.25. The van der Waals surface area contributed by atoms with Gasteiger partial charge in [0.25, 0.3) is 0 Å². The first-order valence-electron chi connectivity index (χ1n) is 6.59. The first-order valence-corrected chi connectivity index (χ1v) is 6.59. The van der Waals surface area contributed by atoms with Crippen molar-refractivity contribution in [3.63, 3.8) is 0 Å². The fraction of sp³-hybridized carbons (Fsp3) is 0.600. The van der Waals surface area contributed by atoms with Crippen molar-refractivity contribution in [3.8, 4) is 5.75 Å². The predicted octanol–water partition coefficient (Wildman–Crippen LogP) is 3.29. The van der Waals surface area contributed by atoms with Crippen LogP contribution in [0.25, 0.3) is 0 Å². The molecule has 0 radical (unpaired) electrons. The zero-order valence-electron chi connectivity index (χ0n) is 11.4. The number of aryl methyl sites for hydroxylation is 1. The average molecular weight is 251 g/mol. The second-order valence-corrected chi connectivity index (χ2v) is 6.02. The minimum Gasteiger partial charge on any atom is -0.493 e. The highest BCUT2D eigenvalue weighted by molar-refractivity contribution is 5.28. The lowest BCUT2D eigenvalue weighted by Crippen LogP contribution is -2.35. The van der Waals surface area contributed by atoms with Crippen LogP contribution >= 0.6 is 0 Å². The summed E-state index contributed by atoms with van der Waals surface area (Å²) in [7, 11) is 0. The van der Waals surface area contributed by atoms with Gasteiger partial charge in [-0.15, -0.1) is 0 Å². The standard InChI is InChI=1S/C15H22FNO/c1-11-4-7-13(8-14(11)16)18-10-15(2,3)9-17-12-5-6-12/h4,7-8,12,17H,5-6,9-10H2,1-3H3. The quantitative estimate of drug-likeness (QED) is 0.837. The molecule has 2 nitrogen and oxygen atoms in total. The minimum absolute atomic E-state index is 0.0595. The van der Waals surface area contributed by atoms with Crippen molar-refractivity contribution < 1.29 is 9.13 Å². The van der Waals surface area contributed by atoms with E-state index >= 15 is 0 Å². The van der Waals surface area contributed by atoms with Crippen LogP contribution in [0.15, 0.2) is 18.2 Å². The molecule has 0 aliphatic heterocycles. The molecule has 1 saturated carbocycles. The van der Waals surface area contributed by atoms with Crippen LogP contribution in [0.3, 0.4) is 0 Å². The highest BCUT2D eigenvalue weighted by Crippen LogP contribution is 2.23. The smallest absolute Gasteiger partial charge is 0.129 e. The lowest BCUT2D eigenvalue weighted by atomic mass is 9.95. The third-order valence-electron chi connectivity index (χ3n) is 3.22. The third kappa shape index (κ3) is 3.98. The molecular formula is C15H22FNO. The number of halogens is 1. The number of rotatable bonds is 6. The van der Waals surface area contributed by atoms with Gasteiger partial charge in [0.2, 0.25) is 0 Å². The summed E-state index contributed by atoms with van der Waals surface area (Å²) < 4.78 is 19.0. The van der Waals surface area contributed by atoms with E-state index in [1.54, 1.807) is 13.0 Å². The first kappa shape index (κ1) is 13.3. The van der Waals surface area contributed by atoms with Crippen molar-refractivity contribution in [2.24, 2.45) is 5.41 Å². The highest BCUT2D eigenvalue weighted by atomic mass is 19.1. The van der Waals surface area contributed by atoms with Crippen LogP contribution in [0, 0.1) is 18.2 Å². The van der Waals surface area contributed by atoms with E-state index in [1.165, 1.54) is 18.9 Å². The molecule has 1 aromatic carbocycles. The Morgan fingerprint density at radius 3 is 2.72 bits per heavy atom.